The summed E-state index contributed by atoms with van der Waals surface area (Å²) in [6.45, 7) is 2.45. The van der Waals surface area contributed by atoms with Crippen molar-refractivity contribution in [2.45, 2.75) is 13.5 Å². The molecule has 0 bridgehead atoms. The molecule has 0 atom stereocenters. The summed E-state index contributed by atoms with van der Waals surface area (Å²) in [5.74, 6) is -0.210. The normalized spacial score (nSPS) is 10.2. The Bertz CT molecular complexity index is 613. The van der Waals surface area contributed by atoms with Gasteiger partial charge in [-0.05, 0) is 36.8 Å². The number of halogens is 1. The van der Waals surface area contributed by atoms with E-state index in [1.165, 1.54) is 6.07 Å². The molecular formula is C16H17FN2S. The van der Waals surface area contributed by atoms with Gasteiger partial charge in [0.2, 0.25) is 0 Å². The van der Waals surface area contributed by atoms with E-state index in [1.807, 2.05) is 49.2 Å². The second kappa shape index (κ2) is 6.48. The maximum Gasteiger partial charge on any atom is 0.173 e. The number of hydrogen-bond acceptors (Lipinski definition) is 1. The van der Waals surface area contributed by atoms with E-state index in [1.54, 1.807) is 12.1 Å². The lowest BCUT2D eigenvalue weighted by Gasteiger charge is -2.22. The zero-order valence-electron chi connectivity index (χ0n) is 11.6. The van der Waals surface area contributed by atoms with Gasteiger partial charge in [-0.1, -0.05) is 36.4 Å². The lowest BCUT2D eigenvalue weighted by molar-refractivity contribution is 0.486. The van der Waals surface area contributed by atoms with Gasteiger partial charge in [-0.25, -0.2) is 4.39 Å². The number of para-hydroxylation sites is 1. The highest BCUT2D eigenvalue weighted by Crippen LogP contribution is 2.15. The van der Waals surface area contributed by atoms with Crippen LogP contribution in [-0.2, 0) is 6.54 Å². The molecule has 0 spiro atoms. The summed E-state index contributed by atoms with van der Waals surface area (Å²) < 4.78 is 13.6. The third-order valence-electron chi connectivity index (χ3n) is 3.10. The molecule has 2 rings (SSSR count). The molecule has 20 heavy (non-hydrogen) atoms. The van der Waals surface area contributed by atoms with Gasteiger partial charge in [0.25, 0.3) is 0 Å². The molecule has 0 aromatic heterocycles. The predicted octanol–water partition coefficient (Wildman–Crippen LogP) is 3.96. The Kier molecular flexibility index (Phi) is 4.69. The Labute approximate surface area is 124 Å². The van der Waals surface area contributed by atoms with Crippen molar-refractivity contribution in [2.24, 2.45) is 0 Å². The number of anilines is 1. The average Bonchev–Trinajstić information content (AvgIpc) is 2.43. The van der Waals surface area contributed by atoms with Gasteiger partial charge in [-0.15, -0.1) is 0 Å². The molecule has 0 aliphatic rings. The highest BCUT2D eigenvalue weighted by molar-refractivity contribution is 7.80. The van der Waals surface area contributed by atoms with Crippen molar-refractivity contribution >= 4 is 23.0 Å². The van der Waals surface area contributed by atoms with Gasteiger partial charge < -0.3 is 10.2 Å². The average molecular weight is 288 g/mol. The molecule has 2 aromatic rings. The zero-order valence-corrected chi connectivity index (χ0v) is 12.4. The van der Waals surface area contributed by atoms with Gasteiger partial charge >= 0.3 is 0 Å². The maximum atomic E-state index is 13.6. The van der Waals surface area contributed by atoms with Crippen LogP contribution < -0.4 is 5.32 Å². The van der Waals surface area contributed by atoms with Crippen LogP contribution in [0.25, 0.3) is 0 Å². The third kappa shape index (κ3) is 3.54. The minimum absolute atomic E-state index is 0.210. The molecule has 104 valence electrons. The molecule has 0 saturated carbocycles. The topological polar surface area (TPSA) is 15.3 Å². The molecule has 2 nitrogen and oxygen atoms in total. The molecule has 2 aromatic carbocycles. The van der Waals surface area contributed by atoms with Crippen LogP contribution in [0.3, 0.4) is 0 Å². The minimum atomic E-state index is -0.210. The first kappa shape index (κ1) is 14.5. The quantitative estimate of drug-likeness (QED) is 0.861. The summed E-state index contributed by atoms with van der Waals surface area (Å²) >= 11 is 5.35. The monoisotopic (exact) mass is 288 g/mol. The summed E-state index contributed by atoms with van der Waals surface area (Å²) in [6.07, 6.45) is 0. The number of thiocarbonyl (C=S) groups is 1. The molecule has 0 fully saturated rings. The van der Waals surface area contributed by atoms with E-state index < -0.39 is 0 Å². The van der Waals surface area contributed by atoms with Crippen LogP contribution in [0.5, 0.6) is 0 Å². The standard InChI is InChI=1S/C16H17FN2S/c1-12-7-3-6-10-15(12)18-16(20)19(2)11-13-8-4-5-9-14(13)17/h3-10H,11H2,1-2H3,(H,18,20). The van der Waals surface area contributed by atoms with Gasteiger partial charge in [0.1, 0.15) is 5.82 Å². The van der Waals surface area contributed by atoms with Gasteiger partial charge in [0.15, 0.2) is 5.11 Å². The molecule has 0 unspecified atom stereocenters. The van der Waals surface area contributed by atoms with Gasteiger partial charge in [0, 0.05) is 24.8 Å². The van der Waals surface area contributed by atoms with Gasteiger partial charge in [0.05, 0.1) is 0 Å². The summed E-state index contributed by atoms with van der Waals surface area (Å²) in [4.78, 5) is 1.82. The van der Waals surface area contributed by atoms with Crippen LogP contribution in [0.15, 0.2) is 48.5 Å². The zero-order chi connectivity index (χ0) is 14.5. The first-order valence-corrected chi connectivity index (χ1v) is 6.80. The van der Waals surface area contributed by atoms with Crippen molar-refractivity contribution in [3.8, 4) is 0 Å². The number of hydrogen-bond donors (Lipinski definition) is 1. The molecule has 0 aliphatic carbocycles. The number of aryl methyl sites for hydroxylation is 1. The molecule has 4 heteroatoms. The van der Waals surface area contributed by atoms with Crippen LogP contribution in [0, 0.1) is 12.7 Å². The van der Waals surface area contributed by atoms with Crippen LogP contribution in [0.4, 0.5) is 10.1 Å². The van der Waals surface area contributed by atoms with Gasteiger partial charge in [-0.3, -0.25) is 0 Å². The van der Waals surface area contributed by atoms with Crippen molar-refractivity contribution in [3.63, 3.8) is 0 Å². The molecule has 1 N–H and O–H groups in total. The van der Waals surface area contributed by atoms with Crippen molar-refractivity contribution in [3.05, 3.63) is 65.5 Å². The Morgan fingerprint density at radius 1 is 1.15 bits per heavy atom. The molecule has 0 amide bonds. The van der Waals surface area contributed by atoms with E-state index in [0.29, 0.717) is 17.2 Å². The lowest BCUT2D eigenvalue weighted by Crippen LogP contribution is -2.31. The first-order valence-electron chi connectivity index (χ1n) is 6.39. The lowest BCUT2D eigenvalue weighted by atomic mass is 10.2. The maximum absolute atomic E-state index is 13.6. The first-order chi connectivity index (χ1) is 9.58. The fourth-order valence-electron chi connectivity index (χ4n) is 1.88. The number of rotatable bonds is 3. The van der Waals surface area contributed by atoms with E-state index in [0.717, 1.165) is 11.3 Å². The van der Waals surface area contributed by atoms with E-state index in [-0.39, 0.29) is 5.82 Å². The third-order valence-corrected chi connectivity index (χ3v) is 3.51. The van der Waals surface area contributed by atoms with Crippen LogP contribution >= 0.6 is 12.2 Å². The fraction of sp³-hybridized carbons (Fsp3) is 0.188. The minimum Gasteiger partial charge on any atom is -0.348 e. The second-order valence-electron chi connectivity index (χ2n) is 4.69. The summed E-state index contributed by atoms with van der Waals surface area (Å²) in [7, 11) is 1.85. The highest BCUT2D eigenvalue weighted by atomic mass is 32.1. The Morgan fingerprint density at radius 2 is 1.80 bits per heavy atom. The predicted molar refractivity (Wildman–Crippen MR) is 85.3 cm³/mol. The van der Waals surface area contributed by atoms with E-state index >= 15 is 0 Å². The smallest absolute Gasteiger partial charge is 0.173 e. The molecule has 0 saturated heterocycles. The Morgan fingerprint density at radius 3 is 2.50 bits per heavy atom. The Hall–Kier alpha value is -1.94. The van der Waals surface area contributed by atoms with E-state index in [4.69, 9.17) is 12.2 Å². The van der Waals surface area contributed by atoms with E-state index in [9.17, 15) is 4.39 Å². The van der Waals surface area contributed by atoms with Crippen molar-refractivity contribution in [1.82, 2.24) is 4.90 Å². The van der Waals surface area contributed by atoms with Gasteiger partial charge in [-0.2, -0.15) is 0 Å². The number of nitrogens with zero attached hydrogens (tertiary/aromatic N) is 1. The van der Waals surface area contributed by atoms with Crippen LogP contribution in [-0.4, -0.2) is 17.1 Å². The van der Waals surface area contributed by atoms with Crippen LogP contribution in [0.2, 0.25) is 0 Å². The molecule has 0 radical (unpaired) electrons. The second-order valence-corrected chi connectivity index (χ2v) is 5.08. The summed E-state index contributed by atoms with van der Waals surface area (Å²) in [5.41, 5.74) is 2.72. The number of nitrogens with one attached hydrogen (secondary N) is 1. The van der Waals surface area contributed by atoms with Crippen molar-refractivity contribution < 1.29 is 4.39 Å². The van der Waals surface area contributed by atoms with Crippen molar-refractivity contribution in [1.29, 1.82) is 0 Å². The molecule has 0 aliphatic heterocycles. The molecular weight excluding hydrogens is 271 g/mol. The van der Waals surface area contributed by atoms with Crippen LogP contribution in [0.1, 0.15) is 11.1 Å². The SMILES string of the molecule is Cc1ccccc1NC(=S)N(C)Cc1ccccc1F. The summed E-state index contributed by atoms with van der Waals surface area (Å²) in [6, 6.07) is 14.7. The van der Waals surface area contributed by atoms with Crippen molar-refractivity contribution in [2.75, 3.05) is 12.4 Å². The Balaban J connectivity index is 2.03. The summed E-state index contributed by atoms with van der Waals surface area (Å²) in [5, 5.41) is 3.76. The number of benzene rings is 2. The van der Waals surface area contributed by atoms with E-state index in [2.05, 4.69) is 5.32 Å². The fourth-order valence-corrected chi connectivity index (χ4v) is 2.05. The molecule has 0 heterocycles. The highest BCUT2D eigenvalue weighted by Gasteiger charge is 2.09. The largest absolute Gasteiger partial charge is 0.348 e.